The molecule has 0 aliphatic carbocycles. The van der Waals surface area contributed by atoms with Gasteiger partial charge in [0, 0.05) is 33.6 Å². The molecular weight excluding hydrogens is 438 g/mol. The second-order valence-corrected chi connectivity index (χ2v) is 7.20. The van der Waals surface area contributed by atoms with Crippen molar-refractivity contribution in [2.75, 3.05) is 5.73 Å². The number of aromatic nitrogens is 2. The summed E-state index contributed by atoms with van der Waals surface area (Å²) in [5.41, 5.74) is 9.48. The van der Waals surface area contributed by atoms with Gasteiger partial charge in [0.2, 0.25) is 5.75 Å². The third-order valence-corrected chi connectivity index (χ3v) is 4.74. The van der Waals surface area contributed by atoms with Gasteiger partial charge >= 0.3 is 5.69 Å². The van der Waals surface area contributed by atoms with Crippen molar-refractivity contribution in [3.8, 4) is 17.1 Å². The van der Waals surface area contributed by atoms with E-state index in [4.69, 9.17) is 5.73 Å². The van der Waals surface area contributed by atoms with E-state index in [-0.39, 0.29) is 11.3 Å². The first kappa shape index (κ1) is 18.6. The van der Waals surface area contributed by atoms with E-state index >= 15 is 0 Å². The number of nitro groups is 1. The fraction of sp³-hybridized carbons (Fsp3) is 0. The monoisotopic (exact) mass is 451 g/mol. The number of H-pyrrole nitrogens is 1. The summed E-state index contributed by atoms with van der Waals surface area (Å²) in [6.07, 6.45) is 1.38. The first-order chi connectivity index (χ1) is 13.9. The van der Waals surface area contributed by atoms with E-state index in [0.29, 0.717) is 21.7 Å². The molecule has 0 unspecified atom stereocenters. The molecular formula is C20H14BrN5O3. The van der Waals surface area contributed by atoms with Crippen LogP contribution in [0.4, 0.5) is 17.1 Å². The molecule has 0 fully saturated rings. The Morgan fingerprint density at radius 1 is 1.17 bits per heavy atom. The number of nitrogens with two attached hydrogens (primary N) is 1. The molecule has 1 heterocycles. The van der Waals surface area contributed by atoms with Crippen molar-refractivity contribution in [1.82, 2.24) is 9.97 Å². The van der Waals surface area contributed by atoms with Crippen LogP contribution in [0.2, 0.25) is 0 Å². The third-order valence-electron chi connectivity index (χ3n) is 4.28. The molecule has 4 rings (SSSR count). The normalized spacial score (nSPS) is 11.3. The highest BCUT2D eigenvalue weighted by Gasteiger charge is 2.17. The number of benzene rings is 3. The Hall–Kier alpha value is -3.72. The third kappa shape index (κ3) is 3.81. The van der Waals surface area contributed by atoms with E-state index in [0.717, 1.165) is 16.6 Å². The molecule has 0 saturated heterocycles. The second kappa shape index (κ2) is 7.36. The number of anilines is 1. The Kier molecular flexibility index (Phi) is 4.73. The molecule has 0 bridgehead atoms. The number of hydrogen-bond acceptors (Lipinski definition) is 6. The number of phenolic OH excluding ortho intramolecular Hbond substituents is 1. The number of nitrogens with one attached hydrogen (secondary N) is 1. The maximum Gasteiger partial charge on any atom is 0.312 e. The average molecular weight is 452 g/mol. The molecule has 3 aromatic carbocycles. The quantitative estimate of drug-likeness (QED) is 0.175. The molecule has 0 spiro atoms. The van der Waals surface area contributed by atoms with E-state index in [9.17, 15) is 15.2 Å². The SMILES string of the molecule is Nc1ccc2nc(-c3ccc(N=Cc4cc(Br)cc([N+](=O)[O-])c4O)cc3)[nH]c2c1. The maximum atomic E-state index is 11.0. The van der Waals surface area contributed by atoms with Crippen LogP contribution in [0.15, 0.2) is 64.1 Å². The highest BCUT2D eigenvalue weighted by atomic mass is 79.9. The lowest BCUT2D eigenvalue weighted by Gasteiger charge is -2.02. The van der Waals surface area contributed by atoms with Gasteiger partial charge in [0.15, 0.2) is 0 Å². The van der Waals surface area contributed by atoms with Crippen LogP contribution in [-0.4, -0.2) is 26.2 Å². The molecule has 4 aromatic rings. The summed E-state index contributed by atoms with van der Waals surface area (Å²) in [7, 11) is 0. The number of nitrogens with zero attached hydrogens (tertiary/aromatic N) is 3. The van der Waals surface area contributed by atoms with E-state index in [1.165, 1.54) is 12.3 Å². The zero-order valence-electron chi connectivity index (χ0n) is 14.8. The zero-order valence-corrected chi connectivity index (χ0v) is 16.4. The standard InChI is InChI=1S/C20H14BrN5O3/c21-13-7-12(19(27)18(8-13)26(28)29)10-23-15-4-1-11(2-5-15)20-24-16-6-3-14(22)9-17(16)25-20/h1-10,27H,22H2,(H,24,25). The van der Waals surface area contributed by atoms with Gasteiger partial charge in [-0.25, -0.2) is 4.98 Å². The number of rotatable bonds is 4. The van der Waals surface area contributed by atoms with Crippen molar-refractivity contribution in [2.24, 2.45) is 4.99 Å². The molecule has 9 heteroatoms. The van der Waals surface area contributed by atoms with Crippen molar-refractivity contribution < 1.29 is 10.0 Å². The van der Waals surface area contributed by atoms with E-state index in [2.05, 4.69) is 30.9 Å². The summed E-state index contributed by atoms with van der Waals surface area (Å²) in [5, 5.41) is 21.1. The minimum Gasteiger partial charge on any atom is -0.502 e. The van der Waals surface area contributed by atoms with Crippen LogP contribution in [0.5, 0.6) is 5.75 Å². The molecule has 0 saturated carbocycles. The summed E-state index contributed by atoms with van der Waals surface area (Å²) < 4.78 is 0.476. The number of hydrogen-bond donors (Lipinski definition) is 3. The van der Waals surface area contributed by atoms with Crippen LogP contribution in [0.25, 0.3) is 22.4 Å². The Morgan fingerprint density at radius 3 is 2.66 bits per heavy atom. The maximum absolute atomic E-state index is 11.0. The summed E-state index contributed by atoms with van der Waals surface area (Å²) in [5.74, 6) is 0.279. The Labute approximate surface area is 173 Å². The molecule has 4 N–H and O–H groups in total. The number of fused-ring (bicyclic) bond motifs is 1. The molecule has 8 nitrogen and oxygen atoms in total. The summed E-state index contributed by atoms with van der Waals surface area (Å²) >= 11 is 3.20. The lowest BCUT2D eigenvalue weighted by Crippen LogP contribution is -1.92. The molecule has 0 aliphatic heterocycles. The van der Waals surface area contributed by atoms with E-state index < -0.39 is 10.7 Å². The van der Waals surface area contributed by atoms with Crippen LogP contribution in [0.3, 0.4) is 0 Å². The van der Waals surface area contributed by atoms with Gasteiger partial charge in [-0.3, -0.25) is 15.1 Å². The predicted molar refractivity (Wildman–Crippen MR) is 116 cm³/mol. The number of phenols is 1. The Balaban J connectivity index is 1.60. The molecule has 0 amide bonds. The summed E-state index contributed by atoms with van der Waals surface area (Å²) in [6, 6.07) is 15.6. The molecule has 144 valence electrons. The van der Waals surface area contributed by atoms with Gasteiger partial charge in [0.1, 0.15) is 5.82 Å². The first-order valence-corrected chi connectivity index (χ1v) is 9.26. The first-order valence-electron chi connectivity index (χ1n) is 8.47. The average Bonchev–Trinajstić information content (AvgIpc) is 3.11. The van der Waals surface area contributed by atoms with Gasteiger partial charge in [-0.05, 0) is 48.5 Å². The number of nitro benzene ring substituents is 1. The molecule has 0 atom stereocenters. The van der Waals surface area contributed by atoms with Crippen LogP contribution < -0.4 is 5.73 Å². The van der Waals surface area contributed by atoms with Crippen molar-refractivity contribution >= 4 is 50.2 Å². The topological polar surface area (TPSA) is 130 Å². The minimum atomic E-state index is -0.646. The lowest BCUT2D eigenvalue weighted by atomic mass is 10.2. The van der Waals surface area contributed by atoms with E-state index in [1.807, 2.05) is 24.3 Å². The van der Waals surface area contributed by atoms with Crippen molar-refractivity contribution in [3.05, 3.63) is 74.7 Å². The predicted octanol–water partition coefficient (Wildman–Crippen LogP) is 4.94. The number of aromatic amines is 1. The highest BCUT2D eigenvalue weighted by molar-refractivity contribution is 9.10. The second-order valence-electron chi connectivity index (χ2n) is 6.29. The van der Waals surface area contributed by atoms with Gasteiger partial charge in [0.05, 0.1) is 21.6 Å². The molecule has 0 radical (unpaired) electrons. The molecule has 1 aromatic heterocycles. The minimum absolute atomic E-state index is 0.241. The largest absolute Gasteiger partial charge is 0.502 e. The molecule has 29 heavy (non-hydrogen) atoms. The van der Waals surface area contributed by atoms with Gasteiger partial charge < -0.3 is 15.8 Å². The Bertz CT molecular complexity index is 1270. The number of imidazole rings is 1. The van der Waals surface area contributed by atoms with Crippen molar-refractivity contribution in [1.29, 1.82) is 0 Å². The zero-order chi connectivity index (χ0) is 20.5. The fourth-order valence-electron chi connectivity index (χ4n) is 2.86. The number of aliphatic imine (C=N–C) groups is 1. The van der Waals surface area contributed by atoms with Crippen LogP contribution >= 0.6 is 15.9 Å². The van der Waals surface area contributed by atoms with Gasteiger partial charge in [0.25, 0.3) is 0 Å². The van der Waals surface area contributed by atoms with Crippen molar-refractivity contribution in [2.45, 2.75) is 0 Å². The van der Waals surface area contributed by atoms with Crippen LogP contribution in [0.1, 0.15) is 5.56 Å². The number of nitrogen functional groups attached to an aromatic ring is 1. The lowest BCUT2D eigenvalue weighted by molar-refractivity contribution is -0.385. The van der Waals surface area contributed by atoms with E-state index in [1.54, 1.807) is 24.3 Å². The Morgan fingerprint density at radius 2 is 1.93 bits per heavy atom. The summed E-state index contributed by atoms with van der Waals surface area (Å²) in [4.78, 5) is 22.4. The van der Waals surface area contributed by atoms with Gasteiger partial charge in [-0.2, -0.15) is 0 Å². The summed E-state index contributed by atoms with van der Waals surface area (Å²) in [6.45, 7) is 0. The number of halogens is 1. The number of aromatic hydroxyl groups is 1. The van der Waals surface area contributed by atoms with Crippen molar-refractivity contribution in [3.63, 3.8) is 0 Å². The van der Waals surface area contributed by atoms with Crippen LogP contribution in [-0.2, 0) is 0 Å². The van der Waals surface area contributed by atoms with Crippen LogP contribution in [0, 0.1) is 10.1 Å². The van der Waals surface area contributed by atoms with Gasteiger partial charge in [-0.1, -0.05) is 15.9 Å². The highest BCUT2D eigenvalue weighted by Crippen LogP contribution is 2.33. The molecule has 0 aliphatic rings. The fourth-order valence-corrected chi connectivity index (χ4v) is 3.32. The smallest absolute Gasteiger partial charge is 0.312 e. The van der Waals surface area contributed by atoms with Gasteiger partial charge in [-0.15, -0.1) is 0 Å².